The van der Waals surface area contributed by atoms with Crippen LogP contribution < -0.4 is 0 Å². The maximum Gasteiger partial charge on any atom is 0.0309 e. The molecule has 0 unspecified atom stereocenters. The van der Waals surface area contributed by atoms with Crippen molar-refractivity contribution >= 4 is 6.08 Å². The van der Waals surface area contributed by atoms with E-state index in [1.54, 1.807) is 0 Å². The van der Waals surface area contributed by atoms with Gasteiger partial charge in [-0.15, -0.1) is 0 Å². The molecule has 0 aliphatic heterocycles. The van der Waals surface area contributed by atoms with Crippen molar-refractivity contribution in [1.29, 1.82) is 0 Å². The average Bonchev–Trinajstić information content (AvgIpc) is 2.28. The number of hydrogen-bond acceptors (Lipinski definition) is 1. The van der Waals surface area contributed by atoms with Gasteiger partial charge in [0.25, 0.3) is 0 Å². The lowest BCUT2D eigenvalue weighted by Crippen LogP contribution is -1.86. The van der Waals surface area contributed by atoms with Gasteiger partial charge in [-0.05, 0) is 23.6 Å². The molecule has 0 atom stereocenters. The fourth-order valence-electron chi connectivity index (χ4n) is 1.20. The first-order valence-electron chi connectivity index (χ1n) is 3.73. The predicted molar refractivity (Wildman–Crippen MR) is 46.1 cm³/mol. The van der Waals surface area contributed by atoms with E-state index in [2.05, 4.69) is 29.3 Å². The van der Waals surface area contributed by atoms with Gasteiger partial charge in [-0.25, -0.2) is 0 Å². The topological polar surface area (TPSA) is 12.9 Å². The van der Waals surface area contributed by atoms with Crippen LogP contribution in [0.3, 0.4) is 0 Å². The van der Waals surface area contributed by atoms with Crippen molar-refractivity contribution in [3.63, 3.8) is 0 Å². The van der Waals surface area contributed by atoms with E-state index in [1.165, 1.54) is 11.1 Å². The summed E-state index contributed by atoms with van der Waals surface area (Å²) in [7, 11) is 0. The molecule has 2 rings (SSSR count). The van der Waals surface area contributed by atoms with Crippen molar-refractivity contribution in [2.24, 2.45) is 0 Å². The summed E-state index contributed by atoms with van der Waals surface area (Å²) in [6.45, 7) is 0. The smallest absolute Gasteiger partial charge is 0.0309 e. The summed E-state index contributed by atoms with van der Waals surface area (Å²) in [6.07, 6.45) is 13.1. The summed E-state index contributed by atoms with van der Waals surface area (Å²) < 4.78 is 0. The minimum Gasteiger partial charge on any atom is -0.264 e. The van der Waals surface area contributed by atoms with Crippen LogP contribution in [0.25, 0.3) is 6.08 Å². The molecule has 0 fully saturated rings. The van der Waals surface area contributed by atoms with E-state index in [1.807, 2.05) is 18.5 Å². The second-order valence-electron chi connectivity index (χ2n) is 2.57. The Balaban J connectivity index is 2.52. The van der Waals surface area contributed by atoms with Crippen LogP contribution in [0.5, 0.6) is 0 Å². The minimum atomic E-state index is 0.996. The van der Waals surface area contributed by atoms with Crippen molar-refractivity contribution in [2.45, 2.75) is 6.42 Å². The largest absolute Gasteiger partial charge is 0.264 e. The molecule has 1 heterocycles. The Morgan fingerprint density at radius 3 is 3.27 bits per heavy atom. The summed E-state index contributed by atoms with van der Waals surface area (Å²) in [5, 5.41) is 0. The maximum absolute atomic E-state index is 4.07. The van der Waals surface area contributed by atoms with E-state index >= 15 is 0 Å². The molecule has 1 nitrogen and oxygen atoms in total. The van der Waals surface area contributed by atoms with Crippen molar-refractivity contribution in [3.8, 4) is 0 Å². The molecule has 0 bridgehead atoms. The van der Waals surface area contributed by atoms with Gasteiger partial charge in [0.15, 0.2) is 0 Å². The Morgan fingerprint density at radius 1 is 1.27 bits per heavy atom. The first-order valence-corrected chi connectivity index (χ1v) is 3.73. The number of rotatable bonds is 0. The lowest BCUT2D eigenvalue weighted by Gasteiger charge is -1.98. The first kappa shape index (κ1) is 6.35. The molecule has 0 saturated carbocycles. The lowest BCUT2D eigenvalue weighted by atomic mass is 10.1. The van der Waals surface area contributed by atoms with Crippen LogP contribution in [0, 0.1) is 0 Å². The van der Waals surface area contributed by atoms with Gasteiger partial charge in [-0.1, -0.05) is 24.3 Å². The predicted octanol–water partition coefficient (Wildman–Crippen LogP) is 2.21. The van der Waals surface area contributed by atoms with Crippen molar-refractivity contribution in [1.82, 2.24) is 4.98 Å². The van der Waals surface area contributed by atoms with Gasteiger partial charge in [0.05, 0.1) is 0 Å². The fourth-order valence-corrected chi connectivity index (χ4v) is 1.20. The molecule has 11 heavy (non-hydrogen) atoms. The molecule has 1 aliphatic rings. The van der Waals surface area contributed by atoms with Gasteiger partial charge >= 0.3 is 0 Å². The van der Waals surface area contributed by atoms with Crippen LogP contribution in [0.2, 0.25) is 0 Å². The second kappa shape index (κ2) is 2.70. The summed E-state index contributed by atoms with van der Waals surface area (Å²) in [6, 6.07) is 2.04. The van der Waals surface area contributed by atoms with Crippen LogP contribution in [0.4, 0.5) is 0 Å². The van der Waals surface area contributed by atoms with Crippen LogP contribution in [-0.4, -0.2) is 4.98 Å². The zero-order valence-corrected chi connectivity index (χ0v) is 6.20. The molecule has 0 spiro atoms. The van der Waals surface area contributed by atoms with Gasteiger partial charge < -0.3 is 0 Å². The molecular formula is C10H9N. The maximum atomic E-state index is 4.07. The van der Waals surface area contributed by atoms with Gasteiger partial charge in [0, 0.05) is 12.4 Å². The van der Waals surface area contributed by atoms with E-state index < -0.39 is 0 Å². The van der Waals surface area contributed by atoms with E-state index in [0.29, 0.717) is 0 Å². The highest BCUT2D eigenvalue weighted by Crippen LogP contribution is 2.12. The third kappa shape index (κ3) is 1.22. The number of hydrogen-bond donors (Lipinski definition) is 0. The fraction of sp³-hybridized carbons (Fsp3) is 0.100. The standard InChI is InChI=1S/C10H9N/c1-2-4-9-6-7-11-8-10(9)5-3-1/h1-4,6-8H,5H2. The molecule has 1 aromatic heterocycles. The second-order valence-corrected chi connectivity index (χ2v) is 2.57. The third-order valence-electron chi connectivity index (χ3n) is 1.80. The van der Waals surface area contributed by atoms with Crippen LogP contribution in [0.15, 0.2) is 36.7 Å². The van der Waals surface area contributed by atoms with Gasteiger partial charge in [0.2, 0.25) is 0 Å². The Morgan fingerprint density at radius 2 is 2.27 bits per heavy atom. The lowest BCUT2D eigenvalue weighted by molar-refractivity contribution is 1.18. The summed E-state index contributed by atoms with van der Waals surface area (Å²) in [5.41, 5.74) is 2.59. The monoisotopic (exact) mass is 143 g/mol. The van der Waals surface area contributed by atoms with E-state index in [4.69, 9.17) is 0 Å². The van der Waals surface area contributed by atoms with Gasteiger partial charge in [-0.3, -0.25) is 4.98 Å². The zero-order chi connectivity index (χ0) is 7.52. The normalized spacial score (nSPS) is 14.2. The summed E-state index contributed by atoms with van der Waals surface area (Å²) >= 11 is 0. The molecule has 0 amide bonds. The van der Waals surface area contributed by atoms with E-state index in [0.717, 1.165) is 6.42 Å². The van der Waals surface area contributed by atoms with Crippen molar-refractivity contribution in [3.05, 3.63) is 47.8 Å². The Bertz CT molecular complexity index is 310. The quantitative estimate of drug-likeness (QED) is 0.542. The number of aromatic nitrogens is 1. The minimum absolute atomic E-state index is 0.996. The van der Waals surface area contributed by atoms with Crippen molar-refractivity contribution in [2.75, 3.05) is 0 Å². The number of nitrogens with zero attached hydrogens (tertiary/aromatic N) is 1. The summed E-state index contributed by atoms with van der Waals surface area (Å²) in [5.74, 6) is 0. The van der Waals surface area contributed by atoms with Gasteiger partial charge in [0.1, 0.15) is 0 Å². The highest BCUT2D eigenvalue weighted by molar-refractivity contribution is 5.56. The summed E-state index contributed by atoms with van der Waals surface area (Å²) in [4.78, 5) is 4.07. The SMILES string of the molecule is C1=CCc2cnccc2C=C1. The van der Waals surface area contributed by atoms with E-state index in [-0.39, 0.29) is 0 Å². The Labute approximate surface area is 66.1 Å². The Kier molecular flexibility index (Phi) is 1.56. The molecule has 1 aromatic rings. The molecule has 0 radical (unpaired) electrons. The highest BCUT2D eigenvalue weighted by atomic mass is 14.6. The van der Waals surface area contributed by atoms with E-state index in [9.17, 15) is 0 Å². The van der Waals surface area contributed by atoms with Crippen LogP contribution in [-0.2, 0) is 6.42 Å². The Hall–Kier alpha value is -1.37. The van der Waals surface area contributed by atoms with Gasteiger partial charge in [-0.2, -0.15) is 0 Å². The van der Waals surface area contributed by atoms with Crippen LogP contribution >= 0.6 is 0 Å². The molecule has 1 heteroatoms. The molecule has 0 aromatic carbocycles. The van der Waals surface area contributed by atoms with Crippen LogP contribution in [0.1, 0.15) is 11.1 Å². The highest BCUT2D eigenvalue weighted by Gasteiger charge is 1.97. The molecule has 0 saturated heterocycles. The number of allylic oxidation sites excluding steroid dienone is 3. The zero-order valence-electron chi connectivity index (χ0n) is 6.20. The first-order chi connectivity index (χ1) is 5.47. The number of fused-ring (bicyclic) bond motifs is 1. The van der Waals surface area contributed by atoms with Crippen molar-refractivity contribution < 1.29 is 0 Å². The molecule has 0 N–H and O–H groups in total. The third-order valence-corrected chi connectivity index (χ3v) is 1.80. The average molecular weight is 143 g/mol. The molecule has 54 valence electrons. The number of pyridine rings is 1. The molecular weight excluding hydrogens is 134 g/mol. The molecule has 1 aliphatic carbocycles.